The Morgan fingerprint density at radius 2 is 1.94 bits per heavy atom. The molecule has 1 aromatic rings. The average molecular weight is 221 g/mol. The maximum Gasteiger partial charge on any atom is 0.0950 e. The van der Waals surface area contributed by atoms with Crippen molar-refractivity contribution in [1.29, 1.82) is 0 Å². The Balaban J connectivity index is 1.96. The molecule has 2 heteroatoms. The minimum absolute atomic E-state index is 0.313. The van der Waals surface area contributed by atoms with Gasteiger partial charge in [0.2, 0.25) is 0 Å². The molecule has 1 aliphatic rings. The Hall–Kier alpha value is -0.760. The van der Waals surface area contributed by atoms with Crippen molar-refractivity contribution in [1.82, 2.24) is 5.32 Å². The van der Waals surface area contributed by atoms with E-state index in [2.05, 4.69) is 25.2 Å². The quantitative estimate of drug-likeness (QED) is 0.779. The summed E-state index contributed by atoms with van der Waals surface area (Å²) in [5, 5.41) is 3.78. The van der Waals surface area contributed by atoms with Crippen LogP contribution in [-0.2, 0) is 0 Å². The molecule has 0 bridgehead atoms. The molecular weight excluding hydrogens is 198 g/mol. The summed E-state index contributed by atoms with van der Waals surface area (Å²) in [6.07, 6.45) is 11.7. The second-order valence-corrected chi connectivity index (χ2v) is 5.40. The van der Waals surface area contributed by atoms with Crippen molar-refractivity contribution in [2.75, 3.05) is 0 Å². The summed E-state index contributed by atoms with van der Waals surface area (Å²) in [6.45, 7) is 4.59. The van der Waals surface area contributed by atoms with Gasteiger partial charge in [-0.3, -0.25) is 0 Å². The van der Waals surface area contributed by atoms with Crippen LogP contribution in [0.15, 0.2) is 23.0 Å². The van der Waals surface area contributed by atoms with E-state index in [1.807, 2.05) is 6.26 Å². The molecule has 1 unspecified atom stereocenters. The maximum atomic E-state index is 5.14. The van der Waals surface area contributed by atoms with E-state index in [4.69, 9.17) is 4.42 Å². The van der Waals surface area contributed by atoms with Crippen LogP contribution in [0.5, 0.6) is 0 Å². The zero-order chi connectivity index (χ0) is 11.4. The molecule has 1 N–H and O–H groups in total. The fraction of sp³-hybridized carbons (Fsp3) is 0.714. The van der Waals surface area contributed by atoms with Crippen molar-refractivity contribution in [3.05, 3.63) is 24.2 Å². The van der Waals surface area contributed by atoms with E-state index >= 15 is 0 Å². The van der Waals surface area contributed by atoms with Crippen molar-refractivity contribution in [3.8, 4) is 0 Å². The molecule has 16 heavy (non-hydrogen) atoms. The van der Waals surface area contributed by atoms with E-state index in [0.717, 1.165) is 0 Å². The zero-order valence-corrected chi connectivity index (χ0v) is 10.5. The molecule has 1 atom stereocenters. The molecule has 1 fully saturated rings. The molecule has 90 valence electrons. The molecule has 1 aliphatic carbocycles. The lowest BCUT2D eigenvalue weighted by Crippen LogP contribution is -2.43. The average Bonchev–Trinajstić information content (AvgIpc) is 2.69. The van der Waals surface area contributed by atoms with Crippen LogP contribution in [0.3, 0.4) is 0 Å². The molecule has 1 heterocycles. The van der Waals surface area contributed by atoms with E-state index in [1.165, 1.54) is 44.1 Å². The summed E-state index contributed by atoms with van der Waals surface area (Å²) in [6, 6.07) is 2.44. The van der Waals surface area contributed by atoms with Crippen LogP contribution < -0.4 is 5.32 Å². The smallest absolute Gasteiger partial charge is 0.0950 e. The van der Waals surface area contributed by atoms with Crippen molar-refractivity contribution in [3.63, 3.8) is 0 Å². The molecule has 0 spiro atoms. The minimum Gasteiger partial charge on any atom is -0.472 e. The standard InChI is InChI=1S/C14H23NO/c1-12(13-7-10-16-11-13)15-14(2)8-5-3-4-6-9-14/h7,10-12,15H,3-6,8-9H2,1-2H3. The zero-order valence-electron chi connectivity index (χ0n) is 10.5. The summed E-state index contributed by atoms with van der Waals surface area (Å²) in [7, 11) is 0. The summed E-state index contributed by atoms with van der Waals surface area (Å²) < 4.78 is 5.14. The Kier molecular flexibility index (Phi) is 3.70. The van der Waals surface area contributed by atoms with Crippen molar-refractivity contribution in [2.45, 2.75) is 64.0 Å². The largest absolute Gasteiger partial charge is 0.472 e. The van der Waals surface area contributed by atoms with Gasteiger partial charge in [0.25, 0.3) is 0 Å². The summed E-state index contributed by atoms with van der Waals surface area (Å²) in [4.78, 5) is 0. The van der Waals surface area contributed by atoms with Gasteiger partial charge in [-0.25, -0.2) is 0 Å². The third-order valence-electron chi connectivity index (χ3n) is 3.82. The highest BCUT2D eigenvalue weighted by atomic mass is 16.3. The van der Waals surface area contributed by atoms with Crippen LogP contribution in [0, 0.1) is 0 Å². The van der Waals surface area contributed by atoms with Crippen LogP contribution in [0.1, 0.15) is 64.0 Å². The Morgan fingerprint density at radius 1 is 1.25 bits per heavy atom. The second kappa shape index (κ2) is 5.05. The van der Waals surface area contributed by atoms with Gasteiger partial charge < -0.3 is 9.73 Å². The van der Waals surface area contributed by atoms with Crippen LogP contribution in [0.25, 0.3) is 0 Å². The normalized spacial score (nSPS) is 22.6. The summed E-state index contributed by atoms with van der Waals surface area (Å²) in [5.41, 5.74) is 1.57. The fourth-order valence-corrected chi connectivity index (χ4v) is 2.78. The van der Waals surface area contributed by atoms with Gasteiger partial charge >= 0.3 is 0 Å². The molecule has 0 amide bonds. The molecule has 0 radical (unpaired) electrons. The number of rotatable bonds is 3. The lowest BCUT2D eigenvalue weighted by Gasteiger charge is -2.33. The van der Waals surface area contributed by atoms with Crippen LogP contribution in [0.2, 0.25) is 0 Å². The maximum absolute atomic E-state index is 5.14. The topological polar surface area (TPSA) is 25.2 Å². The Morgan fingerprint density at radius 3 is 2.50 bits per heavy atom. The van der Waals surface area contributed by atoms with Gasteiger partial charge in [-0.1, -0.05) is 25.7 Å². The molecule has 1 aromatic heterocycles. The highest BCUT2D eigenvalue weighted by Gasteiger charge is 2.27. The van der Waals surface area contributed by atoms with E-state index in [9.17, 15) is 0 Å². The SMILES string of the molecule is CC(NC1(C)CCCCCC1)c1ccoc1. The first-order chi connectivity index (χ1) is 7.70. The van der Waals surface area contributed by atoms with Crippen LogP contribution >= 0.6 is 0 Å². The molecule has 0 aliphatic heterocycles. The number of hydrogen-bond acceptors (Lipinski definition) is 2. The van der Waals surface area contributed by atoms with E-state index in [1.54, 1.807) is 6.26 Å². The summed E-state index contributed by atoms with van der Waals surface area (Å²) in [5.74, 6) is 0. The third kappa shape index (κ3) is 2.88. The van der Waals surface area contributed by atoms with Crippen LogP contribution in [0.4, 0.5) is 0 Å². The van der Waals surface area contributed by atoms with Gasteiger partial charge in [0.1, 0.15) is 0 Å². The summed E-state index contributed by atoms with van der Waals surface area (Å²) >= 11 is 0. The van der Waals surface area contributed by atoms with Gasteiger partial charge in [-0.05, 0) is 32.8 Å². The van der Waals surface area contributed by atoms with Gasteiger partial charge in [-0.2, -0.15) is 0 Å². The highest BCUT2D eigenvalue weighted by molar-refractivity contribution is 5.11. The lowest BCUT2D eigenvalue weighted by atomic mass is 9.91. The molecule has 0 saturated heterocycles. The van der Waals surface area contributed by atoms with Crippen LogP contribution in [-0.4, -0.2) is 5.54 Å². The van der Waals surface area contributed by atoms with Crippen molar-refractivity contribution >= 4 is 0 Å². The van der Waals surface area contributed by atoms with Gasteiger partial charge in [0, 0.05) is 17.1 Å². The highest BCUT2D eigenvalue weighted by Crippen LogP contribution is 2.29. The lowest BCUT2D eigenvalue weighted by molar-refractivity contribution is 0.283. The molecule has 2 nitrogen and oxygen atoms in total. The minimum atomic E-state index is 0.313. The second-order valence-electron chi connectivity index (χ2n) is 5.40. The Bertz CT molecular complexity index is 297. The van der Waals surface area contributed by atoms with Gasteiger partial charge in [0.15, 0.2) is 0 Å². The first-order valence-corrected chi connectivity index (χ1v) is 6.49. The van der Waals surface area contributed by atoms with E-state index in [0.29, 0.717) is 11.6 Å². The predicted octanol–water partition coefficient (Wildman–Crippen LogP) is 4.04. The van der Waals surface area contributed by atoms with E-state index in [-0.39, 0.29) is 0 Å². The molecule has 2 rings (SSSR count). The molecule has 0 aromatic carbocycles. The number of nitrogens with one attached hydrogen (secondary N) is 1. The third-order valence-corrected chi connectivity index (χ3v) is 3.82. The van der Waals surface area contributed by atoms with Gasteiger partial charge in [-0.15, -0.1) is 0 Å². The van der Waals surface area contributed by atoms with Crippen molar-refractivity contribution in [2.24, 2.45) is 0 Å². The first kappa shape index (κ1) is 11.7. The monoisotopic (exact) mass is 221 g/mol. The molecule has 1 saturated carbocycles. The first-order valence-electron chi connectivity index (χ1n) is 6.49. The Labute approximate surface area is 98.4 Å². The predicted molar refractivity (Wildman–Crippen MR) is 66.4 cm³/mol. The molecular formula is C14H23NO. The number of hydrogen-bond donors (Lipinski definition) is 1. The van der Waals surface area contributed by atoms with Crippen molar-refractivity contribution < 1.29 is 4.42 Å². The van der Waals surface area contributed by atoms with E-state index < -0.39 is 0 Å². The van der Waals surface area contributed by atoms with Gasteiger partial charge in [0.05, 0.1) is 12.5 Å². The number of furan rings is 1. The fourth-order valence-electron chi connectivity index (χ4n) is 2.78.